The van der Waals surface area contributed by atoms with Crippen LogP contribution in [0.2, 0.25) is 0 Å². The number of rotatable bonds is 24. The molecule has 33 heavy (non-hydrogen) atoms. The Morgan fingerprint density at radius 3 is 1.21 bits per heavy atom. The van der Waals surface area contributed by atoms with Crippen molar-refractivity contribution < 1.29 is 0 Å². The highest BCUT2D eigenvalue weighted by molar-refractivity contribution is 7.80. The van der Waals surface area contributed by atoms with Crippen molar-refractivity contribution in [2.45, 2.75) is 173 Å². The third kappa shape index (κ3) is 18.6. The van der Waals surface area contributed by atoms with Gasteiger partial charge in [0.2, 0.25) is 0 Å². The van der Waals surface area contributed by atoms with Crippen LogP contribution in [0.25, 0.3) is 0 Å². The lowest BCUT2D eigenvalue weighted by Gasteiger charge is -2.07. The van der Waals surface area contributed by atoms with E-state index in [2.05, 4.69) is 44.7 Å². The molecule has 0 heterocycles. The van der Waals surface area contributed by atoms with Crippen molar-refractivity contribution >= 4 is 12.6 Å². The molecule has 0 aliphatic heterocycles. The van der Waals surface area contributed by atoms with Crippen molar-refractivity contribution in [3.8, 4) is 0 Å². The molecule has 0 bridgehead atoms. The number of thiol groups is 1. The van der Waals surface area contributed by atoms with Gasteiger partial charge in [0, 0.05) is 4.90 Å². The van der Waals surface area contributed by atoms with Gasteiger partial charge in [0.15, 0.2) is 0 Å². The largest absolute Gasteiger partial charge is 0.143 e. The molecule has 0 spiro atoms. The minimum Gasteiger partial charge on any atom is -0.143 e. The summed E-state index contributed by atoms with van der Waals surface area (Å²) in [4.78, 5) is 1.15. The van der Waals surface area contributed by atoms with E-state index in [0.29, 0.717) is 0 Å². The van der Waals surface area contributed by atoms with Crippen LogP contribution in [-0.4, -0.2) is 0 Å². The van der Waals surface area contributed by atoms with Gasteiger partial charge in [-0.2, -0.15) is 0 Å². The fraction of sp³-hybridized carbons (Fsp3) is 0.812. The van der Waals surface area contributed by atoms with E-state index in [-0.39, 0.29) is 0 Å². The van der Waals surface area contributed by atoms with Crippen LogP contribution in [0.4, 0.5) is 0 Å². The monoisotopic (exact) mass is 474 g/mol. The van der Waals surface area contributed by atoms with E-state index in [4.69, 9.17) is 0 Å². The van der Waals surface area contributed by atoms with Gasteiger partial charge in [-0.25, -0.2) is 0 Å². The summed E-state index contributed by atoms with van der Waals surface area (Å²) in [5.74, 6) is 0. The van der Waals surface area contributed by atoms with E-state index in [1.807, 2.05) is 0 Å². The Morgan fingerprint density at radius 2 is 0.848 bits per heavy atom. The normalized spacial score (nSPS) is 11.4. The zero-order valence-corrected chi connectivity index (χ0v) is 23.5. The summed E-state index contributed by atoms with van der Waals surface area (Å²) < 4.78 is 0. The van der Waals surface area contributed by atoms with Crippen molar-refractivity contribution in [3.63, 3.8) is 0 Å². The smallest absolute Gasteiger partial charge is 0.00721 e. The van der Waals surface area contributed by atoms with Crippen molar-refractivity contribution in [1.29, 1.82) is 0 Å². The zero-order chi connectivity index (χ0) is 23.8. The Kier molecular flexibility index (Phi) is 21.6. The second-order valence-corrected chi connectivity index (χ2v) is 11.0. The van der Waals surface area contributed by atoms with Crippen molar-refractivity contribution in [2.24, 2.45) is 0 Å². The number of aryl methyl sites for hydroxylation is 2. The molecule has 1 aromatic carbocycles. The molecule has 1 aromatic rings. The lowest BCUT2D eigenvalue weighted by Crippen LogP contribution is -1.90. The molecule has 0 aliphatic rings. The summed E-state index contributed by atoms with van der Waals surface area (Å²) >= 11 is 4.54. The molecule has 0 atom stereocenters. The fourth-order valence-corrected chi connectivity index (χ4v) is 5.31. The Balaban J connectivity index is 1.74. The van der Waals surface area contributed by atoms with E-state index >= 15 is 0 Å². The topological polar surface area (TPSA) is 0 Å². The first-order valence-corrected chi connectivity index (χ1v) is 15.5. The van der Waals surface area contributed by atoms with E-state index in [1.165, 1.54) is 159 Å². The predicted octanol–water partition coefficient (Wildman–Crippen LogP) is 11.7. The average molecular weight is 475 g/mol. The molecule has 0 radical (unpaired) electrons. The molecule has 1 heteroatoms. The maximum atomic E-state index is 4.54. The molecule has 0 aliphatic carbocycles. The summed E-state index contributed by atoms with van der Waals surface area (Å²) in [5.41, 5.74) is 2.90. The lowest BCUT2D eigenvalue weighted by molar-refractivity contribution is 0.519. The second kappa shape index (κ2) is 23.3. The summed E-state index contributed by atoms with van der Waals surface area (Å²) in [7, 11) is 0. The van der Waals surface area contributed by atoms with Crippen LogP contribution < -0.4 is 0 Å². The number of hydrogen-bond donors (Lipinski definition) is 1. The quantitative estimate of drug-likeness (QED) is 0.112. The molecule has 0 aromatic heterocycles. The average Bonchev–Trinajstić information content (AvgIpc) is 2.83. The SMILES string of the molecule is CCCCCCCCCCCCCCCCCCCCCCCCc1ccc(S)c(CC)c1. The molecule has 0 unspecified atom stereocenters. The van der Waals surface area contributed by atoms with Crippen LogP contribution in [0.3, 0.4) is 0 Å². The molecule has 1 rings (SSSR count). The molecular weight excluding hydrogens is 416 g/mol. The van der Waals surface area contributed by atoms with Gasteiger partial charge in [-0.15, -0.1) is 12.6 Å². The molecule has 0 amide bonds. The predicted molar refractivity (Wildman–Crippen MR) is 154 cm³/mol. The van der Waals surface area contributed by atoms with E-state index in [9.17, 15) is 0 Å². The molecule has 0 N–H and O–H groups in total. The van der Waals surface area contributed by atoms with Crippen LogP contribution in [-0.2, 0) is 12.8 Å². The standard InChI is InChI=1S/C32H58S/c1-3-5-6-7-8-9-10-11-12-13-14-15-16-17-18-19-20-21-22-23-24-25-26-30-27-28-32(33)31(4-2)29-30/h27-29,33H,3-26H2,1-2H3. The highest BCUT2D eigenvalue weighted by Gasteiger charge is 2.00. The van der Waals surface area contributed by atoms with Crippen LogP contribution in [0.15, 0.2) is 23.1 Å². The summed E-state index contributed by atoms with van der Waals surface area (Å²) in [6.07, 6.45) is 34.3. The van der Waals surface area contributed by atoms with Crippen LogP contribution >= 0.6 is 12.6 Å². The molecular formula is C32H58S. The van der Waals surface area contributed by atoms with Gasteiger partial charge in [-0.05, 0) is 36.5 Å². The first-order chi connectivity index (χ1) is 16.3. The van der Waals surface area contributed by atoms with Crippen molar-refractivity contribution in [2.75, 3.05) is 0 Å². The first-order valence-electron chi connectivity index (χ1n) is 15.1. The van der Waals surface area contributed by atoms with Gasteiger partial charge in [0.25, 0.3) is 0 Å². The Hall–Kier alpha value is -0.430. The third-order valence-electron chi connectivity index (χ3n) is 7.34. The highest BCUT2D eigenvalue weighted by atomic mass is 32.1. The maximum absolute atomic E-state index is 4.54. The fourth-order valence-electron chi connectivity index (χ4n) is 5.02. The van der Waals surface area contributed by atoms with Gasteiger partial charge in [-0.3, -0.25) is 0 Å². The minimum absolute atomic E-state index is 1.09. The Labute approximate surface area is 214 Å². The number of unbranched alkanes of at least 4 members (excludes halogenated alkanes) is 21. The molecule has 0 saturated carbocycles. The Bertz CT molecular complexity index is 535. The van der Waals surface area contributed by atoms with Gasteiger partial charge in [-0.1, -0.05) is 161 Å². The number of hydrogen-bond acceptors (Lipinski definition) is 1. The summed E-state index contributed by atoms with van der Waals surface area (Å²) in [6.45, 7) is 4.52. The summed E-state index contributed by atoms with van der Waals surface area (Å²) in [5, 5.41) is 0. The zero-order valence-electron chi connectivity index (χ0n) is 22.6. The van der Waals surface area contributed by atoms with E-state index < -0.39 is 0 Å². The molecule has 0 saturated heterocycles. The van der Waals surface area contributed by atoms with Gasteiger partial charge in [0.1, 0.15) is 0 Å². The summed E-state index contributed by atoms with van der Waals surface area (Å²) in [6, 6.07) is 6.80. The van der Waals surface area contributed by atoms with Gasteiger partial charge < -0.3 is 0 Å². The van der Waals surface area contributed by atoms with Gasteiger partial charge >= 0.3 is 0 Å². The van der Waals surface area contributed by atoms with Crippen molar-refractivity contribution in [3.05, 3.63) is 29.3 Å². The maximum Gasteiger partial charge on any atom is 0.00721 e. The third-order valence-corrected chi connectivity index (χ3v) is 7.78. The second-order valence-electron chi connectivity index (χ2n) is 10.5. The minimum atomic E-state index is 1.09. The van der Waals surface area contributed by atoms with E-state index in [0.717, 1.165) is 11.3 Å². The number of benzene rings is 1. The van der Waals surface area contributed by atoms with Crippen LogP contribution in [0.5, 0.6) is 0 Å². The molecule has 0 nitrogen and oxygen atoms in total. The highest BCUT2D eigenvalue weighted by Crippen LogP contribution is 2.19. The Morgan fingerprint density at radius 1 is 0.485 bits per heavy atom. The first kappa shape index (κ1) is 30.6. The van der Waals surface area contributed by atoms with Crippen LogP contribution in [0, 0.1) is 0 Å². The molecule has 0 fully saturated rings. The van der Waals surface area contributed by atoms with Crippen LogP contribution in [0.1, 0.15) is 166 Å². The molecule has 192 valence electrons. The van der Waals surface area contributed by atoms with E-state index in [1.54, 1.807) is 0 Å². The van der Waals surface area contributed by atoms with Gasteiger partial charge in [0.05, 0.1) is 0 Å². The van der Waals surface area contributed by atoms with Crippen molar-refractivity contribution in [1.82, 2.24) is 0 Å². The lowest BCUT2D eigenvalue weighted by atomic mass is 10.0.